The van der Waals surface area contributed by atoms with Crippen LogP contribution in [-0.2, 0) is 5.41 Å². The summed E-state index contributed by atoms with van der Waals surface area (Å²) in [5.74, 6) is 0. The summed E-state index contributed by atoms with van der Waals surface area (Å²) in [6.45, 7) is 0. The molecular formula is C57H39N. The molecule has 0 bridgehead atoms. The Labute approximate surface area is 339 Å². The Morgan fingerprint density at radius 3 is 1.55 bits per heavy atom. The summed E-state index contributed by atoms with van der Waals surface area (Å²) < 4.78 is 0. The van der Waals surface area contributed by atoms with Crippen molar-refractivity contribution in [2.24, 2.45) is 0 Å². The lowest BCUT2D eigenvalue weighted by Crippen LogP contribution is -2.28. The first kappa shape index (κ1) is 33.8. The summed E-state index contributed by atoms with van der Waals surface area (Å²) in [5, 5.41) is 4.92. The Morgan fingerprint density at radius 2 is 0.810 bits per heavy atom. The molecule has 11 rings (SSSR count). The number of hydrogen-bond acceptors (Lipinski definition) is 1. The van der Waals surface area contributed by atoms with Crippen molar-refractivity contribution in [1.82, 2.24) is 0 Å². The molecule has 1 heteroatoms. The van der Waals surface area contributed by atoms with Crippen molar-refractivity contribution in [3.05, 3.63) is 259 Å². The van der Waals surface area contributed by atoms with E-state index in [2.05, 4.69) is 241 Å². The third-order valence-corrected chi connectivity index (χ3v) is 12.1. The van der Waals surface area contributed by atoms with Gasteiger partial charge in [-0.15, -0.1) is 0 Å². The molecule has 0 unspecified atom stereocenters. The molecule has 272 valence electrons. The third kappa shape index (κ3) is 5.32. The van der Waals surface area contributed by atoms with Crippen molar-refractivity contribution in [3.8, 4) is 33.4 Å². The van der Waals surface area contributed by atoms with Crippen LogP contribution in [0.5, 0.6) is 0 Å². The van der Waals surface area contributed by atoms with E-state index in [1.54, 1.807) is 0 Å². The minimum Gasteiger partial charge on any atom is -0.310 e. The topological polar surface area (TPSA) is 3.24 Å². The second kappa shape index (κ2) is 13.9. The molecule has 0 aliphatic heterocycles. The van der Waals surface area contributed by atoms with Gasteiger partial charge < -0.3 is 4.90 Å². The number of nitrogens with zero attached hydrogens (tertiary/aromatic N) is 1. The van der Waals surface area contributed by atoms with Crippen LogP contribution in [0.4, 0.5) is 17.1 Å². The van der Waals surface area contributed by atoms with Crippen molar-refractivity contribution in [2.45, 2.75) is 5.41 Å². The van der Waals surface area contributed by atoms with Gasteiger partial charge in [-0.25, -0.2) is 0 Å². The molecule has 0 amide bonds. The van der Waals surface area contributed by atoms with E-state index in [1.165, 1.54) is 77.2 Å². The summed E-state index contributed by atoms with van der Waals surface area (Å²) in [4.78, 5) is 2.46. The Hall–Kier alpha value is -7.48. The molecule has 0 aromatic heterocycles. The predicted octanol–water partition coefficient (Wildman–Crippen LogP) is 15.2. The van der Waals surface area contributed by atoms with E-state index in [1.807, 2.05) is 0 Å². The second-order valence-electron chi connectivity index (χ2n) is 15.2. The van der Waals surface area contributed by atoms with E-state index in [0.29, 0.717) is 0 Å². The van der Waals surface area contributed by atoms with E-state index in [4.69, 9.17) is 0 Å². The zero-order valence-electron chi connectivity index (χ0n) is 32.0. The molecule has 0 spiro atoms. The van der Waals surface area contributed by atoms with Crippen LogP contribution in [-0.4, -0.2) is 0 Å². The minimum atomic E-state index is -0.506. The monoisotopic (exact) mass is 737 g/mol. The van der Waals surface area contributed by atoms with Gasteiger partial charge in [-0.1, -0.05) is 206 Å². The quantitative estimate of drug-likeness (QED) is 0.157. The molecule has 0 saturated heterocycles. The third-order valence-electron chi connectivity index (χ3n) is 12.1. The number of hydrogen-bond donors (Lipinski definition) is 0. The zero-order valence-corrected chi connectivity index (χ0v) is 32.0. The molecule has 1 nitrogen and oxygen atoms in total. The first-order chi connectivity index (χ1) is 28.8. The van der Waals surface area contributed by atoms with Crippen LogP contribution >= 0.6 is 0 Å². The Balaban J connectivity index is 1.15. The highest BCUT2D eigenvalue weighted by Crippen LogP contribution is 2.56. The van der Waals surface area contributed by atoms with Crippen LogP contribution in [0, 0.1) is 0 Å². The highest BCUT2D eigenvalue weighted by molar-refractivity contribution is 6.06. The van der Waals surface area contributed by atoms with E-state index in [-0.39, 0.29) is 0 Å². The normalized spacial score (nSPS) is 12.6. The molecular weight excluding hydrogens is 699 g/mol. The van der Waals surface area contributed by atoms with Gasteiger partial charge in [0.25, 0.3) is 0 Å². The molecule has 1 aliphatic carbocycles. The number of benzene rings is 10. The first-order valence-electron chi connectivity index (χ1n) is 20.1. The van der Waals surface area contributed by atoms with Gasteiger partial charge in [0.15, 0.2) is 0 Å². The molecule has 0 fully saturated rings. The molecule has 10 aromatic carbocycles. The second-order valence-corrected chi connectivity index (χ2v) is 15.2. The lowest BCUT2D eigenvalue weighted by molar-refractivity contribution is 0.768. The lowest BCUT2D eigenvalue weighted by Gasteiger charge is -2.35. The maximum atomic E-state index is 2.46. The van der Waals surface area contributed by atoms with Crippen LogP contribution in [0.2, 0.25) is 0 Å². The summed E-state index contributed by atoms with van der Waals surface area (Å²) >= 11 is 0. The van der Waals surface area contributed by atoms with Gasteiger partial charge >= 0.3 is 0 Å². The highest BCUT2D eigenvalue weighted by atomic mass is 15.1. The van der Waals surface area contributed by atoms with Crippen molar-refractivity contribution < 1.29 is 0 Å². The maximum Gasteiger partial charge on any atom is 0.0714 e. The molecule has 0 saturated carbocycles. The molecule has 0 N–H and O–H groups in total. The van der Waals surface area contributed by atoms with Gasteiger partial charge in [0.05, 0.1) is 11.1 Å². The fourth-order valence-corrected chi connectivity index (χ4v) is 9.63. The maximum absolute atomic E-state index is 2.46. The Kier molecular flexibility index (Phi) is 8.12. The zero-order chi connectivity index (χ0) is 38.5. The van der Waals surface area contributed by atoms with E-state index >= 15 is 0 Å². The smallest absolute Gasteiger partial charge is 0.0714 e. The van der Waals surface area contributed by atoms with Crippen molar-refractivity contribution in [1.29, 1.82) is 0 Å². The summed E-state index contributed by atoms with van der Waals surface area (Å²) in [5.41, 5.74) is 15.4. The fourth-order valence-electron chi connectivity index (χ4n) is 9.63. The van der Waals surface area contributed by atoms with E-state index in [0.717, 1.165) is 17.1 Å². The van der Waals surface area contributed by atoms with Crippen molar-refractivity contribution >= 4 is 38.6 Å². The molecule has 0 radical (unpaired) electrons. The Bertz CT molecular complexity index is 3060. The molecule has 10 aromatic rings. The van der Waals surface area contributed by atoms with E-state index in [9.17, 15) is 0 Å². The van der Waals surface area contributed by atoms with Crippen LogP contribution in [0.3, 0.4) is 0 Å². The van der Waals surface area contributed by atoms with Crippen LogP contribution < -0.4 is 4.90 Å². The van der Waals surface area contributed by atoms with Gasteiger partial charge in [-0.2, -0.15) is 0 Å². The van der Waals surface area contributed by atoms with Crippen molar-refractivity contribution in [3.63, 3.8) is 0 Å². The molecule has 0 atom stereocenters. The summed E-state index contributed by atoms with van der Waals surface area (Å²) in [6.07, 6.45) is 0. The Morgan fingerprint density at radius 1 is 0.293 bits per heavy atom. The van der Waals surface area contributed by atoms with Gasteiger partial charge in [-0.3, -0.25) is 0 Å². The lowest BCUT2D eigenvalue weighted by atomic mass is 9.67. The van der Waals surface area contributed by atoms with Crippen LogP contribution in [0.25, 0.3) is 54.9 Å². The number of fused-ring (bicyclic) bond motifs is 5. The molecule has 0 heterocycles. The van der Waals surface area contributed by atoms with E-state index < -0.39 is 5.41 Å². The largest absolute Gasteiger partial charge is 0.310 e. The van der Waals surface area contributed by atoms with Crippen LogP contribution in [0.1, 0.15) is 22.3 Å². The number of rotatable bonds is 7. The minimum absolute atomic E-state index is 0.506. The average Bonchev–Trinajstić information content (AvgIpc) is 3.61. The first-order valence-corrected chi connectivity index (χ1v) is 20.1. The molecule has 58 heavy (non-hydrogen) atoms. The predicted molar refractivity (Wildman–Crippen MR) is 244 cm³/mol. The standard InChI is InChI=1S/C57H39N/c1-3-17-40(18-4-1)49-37-38-56(53-29-10-9-26-50(49)53)58(45-35-33-42(34-36-45)48-30-15-20-41-19-7-8-25-47(41)48)46-24-16-23-44(39-46)57(43-21-5-2-6-22-43)54-31-13-11-27-51(54)52-28-12-14-32-55(52)57/h1-39H. The van der Waals surface area contributed by atoms with Gasteiger partial charge in [0.1, 0.15) is 0 Å². The van der Waals surface area contributed by atoms with Gasteiger partial charge in [-0.05, 0) is 102 Å². The summed E-state index contributed by atoms with van der Waals surface area (Å²) in [7, 11) is 0. The van der Waals surface area contributed by atoms with Crippen molar-refractivity contribution in [2.75, 3.05) is 4.90 Å². The van der Waals surface area contributed by atoms with Gasteiger partial charge in [0, 0.05) is 16.8 Å². The average molecular weight is 738 g/mol. The van der Waals surface area contributed by atoms with Gasteiger partial charge in [0.2, 0.25) is 0 Å². The SMILES string of the molecule is c1ccc(-c2ccc(N(c3ccc(-c4cccc5ccccc45)cc3)c3cccc(C4(c5ccccc5)c5ccccc5-c5ccccc54)c3)c3ccccc23)cc1. The fraction of sp³-hybridized carbons (Fsp3) is 0.0175. The molecule has 1 aliphatic rings. The highest BCUT2D eigenvalue weighted by Gasteiger charge is 2.46. The van der Waals surface area contributed by atoms with Crippen LogP contribution in [0.15, 0.2) is 237 Å². The summed E-state index contributed by atoms with van der Waals surface area (Å²) in [6, 6.07) is 86.8. The number of anilines is 3.